The number of hydrogen-bond acceptors (Lipinski definition) is 5. The van der Waals surface area contributed by atoms with Gasteiger partial charge in [-0.1, -0.05) is 18.2 Å². The molecule has 0 aromatic heterocycles. The Morgan fingerprint density at radius 2 is 1.79 bits per heavy atom. The van der Waals surface area contributed by atoms with Crippen LogP contribution in [-0.4, -0.2) is 57.6 Å². The van der Waals surface area contributed by atoms with E-state index in [1.165, 1.54) is 4.31 Å². The highest BCUT2D eigenvalue weighted by Crippen LogP contribution is 2.32. The molecule has 1 fully saturated rings. The highest BCUT2D eigenvalue weighted by Gasteiger charge is 2.32. The first-order valence-electron chi connectivity index (χ1n) is 9.71. The summed E-state index contributed by atoms with van der Waals surface area (Å²) >= 11 is 0. The number of rotatable bonds is 5. The maximum absolute atomic E-state index is 12.9. The number of hydrogen-bond donors (Lipinski definition) is 0. The van der Waals surface area contributed by atoms with Crippen LogP contribution in [0.15, 0.2) is 53.4 Å². The molecular formula is C21H24N2O5S. The molecule has 0 radical (unpaired) electrons. The van der Waals surface area contributed by atoms with Gasteiger partial charge in [0.05, 0.1) is 18.1 Å². The summed E-state index contributed by atoms with van der Waals surface area (Å²) in [7, 11) is -3.55. The minimum atomic E-state index is -3.55. The Morgan fingerprint density at radius 1 is 1.07 bits per heavy atom. The van der Waals surface area contributed by atoms with Crippen LogP contribution in [0.25, 0.3) is 0 Å². The van der Waals surface area contributed by atoms with Gasteiger partial charge in [0.25, 0.3) is 5.91 Å². The second-order valence-corrected chi connectivity index (χ2v) is 9.06. The summed E-state index contributed by atoms with van der Waals surface area (Å²) in [5, 5.41) is 0. The Morgan fingerprint density at radius 3 is 2.52 bits per heavy atom. The van der Waals surface area contributed by atoms with Crippen LogP contribution < -0.4 is 9.64 Å². The van der Waals surface area contributed by atoms with E-state index in [2.05, 4.69) is 0 Å². The lowest BCUT2D eigenvalue weighted by Crippen LogP contribution is -2.40. The Labute approximate surface area is 170 Å². The van der Waals surface area contributed by atoms with Gasteiger partial charge in [-0.05, 0) is 49.2 Å². The van der Waals surface area contributed by atoms with Crippen LogP contribution in [0.5, 0.6) is 5.75 Å². The Hall–Kier alpha value is -2.42. The Balaban J connectivity index is 1.51. The first-order valence-corrected chi connectivity index (χ1v) is 11.1. The molecule has 0 spiro atoms. The Kier molecular flexibility index (Phi) is 5.58. The normalized spacial score (nSPS) is 18.3. The zero-order chi connectivity index (χ0) is 20.4. The highest BCUT2D eigenvalue weighted by molar-refractivity contribution is 7.89. The summed E-state index contributed by atoms with van der Waals surface area (Å²) < 4.78 is 38.2. The molecule has 29 heavy (non-hydrogen) atoms. The zero-order valence-corrected chi connectivity index (χ0v) is 17.1. The maximum Gasteiger partial charge on any atom is 0.267 e. The molecule has 1 saturated heterocycles. The number of ether oxygens (including phenoxy) is 2. The molecule has 0 saturated carbocycles. The second-order valence-electron chi connectivity index (χ2n) is 7.12. The van der Waals surface area contributed by atoms with Crippen molar-refractivity contribution in [1.29, 1.82) is 0 Å². The lowest BCUT2D eigenvalue weighted by molar-refractivity contribution is -0.124. The van der Waals surface area contributed by atoms with Crippen molar-refractivity contribution in [3.8, 4) is 5.75 Å². The van der Waals surface area contributed by atoms with Crippen molar-refractivity contribution in [1.82, 2.24) is 4.31 Å². The minimum absolute atomic E-state index is 0.142. The van der Waals surface area contributed by atoms with Crippen LogP contribution in [0, 0.1) is 0 Å². The summed E-state index contributed by atoms with van der Waals surface area (Å²) in [6.45, 7) is 3.77. The predicted molar refractivity (Wildman–Crippen MR) is 109 cm³/mol. The smallest absolute Gasteiger partial charge is 0.267 e. The molecule has 4 rings (SSSR count). The molecule has 2 aliphatic rings. The van der Waals surface area contributed by atoms with Gasteiger partial charge >= 0.3 is 0 Å². The molecule has 0 unspecified atom stereocenters. The number of benzene rings is 2. The molecule has 1 amide bonds. The molecule has 0 bridgehead atoms. The number of sulfonamides is 1. The monoisotopic (exact) mass is 416 g/mol. The summed E-state index contributed by atoms with van der Waals surface area (Å²) in [5.74, 6) is 0.496. The fourth-order valence-electron chi connectivity index (χ4n) is 3.68. The number of carbonyl (C=O) groups excluding carboxylic acids is 1. The summed E-state index contributed by atoms with van der Waals surface area (Å²) in [6.07, 6.45) is -0.0221. The summed E-state index contributed by atoms with van der Waals surface area (Å²) in [4.78, 5) is 14.8. The molecule has 8 heteroatoms. The topological polar surface area (TPSA) is 76.2 Å². The fourth-order valence-corrected chi connectivity index (χ4v) is 5.14. The van der Waals surface area contributed by atoms with E-state index in [1.54, 1.807) is 30.0 Å². The molecule has 1 atom stereocenters. The molecule has 0 aliphatic carbocycles. The van der Waals surface area contributed by atoms with Crippen LogP contribution in [0.2, 0.25) is 0 Å². The SMILES string of the molecule is C[C@H](Oc1ccccc1)C(=O)N1CCc2cc(S(=O)(=O)N3CCOCC3)ccc21. The number of nitrogens with zero attached hydrogens (tertiary/aromatic N) is 2. The highest BCUT2D eigenvalue weighted by atomic mass is 32.2. The van der Waals surface area contributed by atoms with Crippen molar-refractivity contribution < 1.29 is 22.7 Å². The van der Waals surface area contributed by atoms with E-state index in [0.717, 1.165) is 11.3 Å². The standard InChI is InChI=1S/C21H24N2O5S/c1-16(28-18-5-3-2-4-6-18)21(24)23-10-9-17-15-19(7-8-20(17)23)29(25,26)22-11-13-27-14-12-22/h2-8,15-16H,9-14H2,1H3/t16-/m0/s1. The molecule has 154 valence electrons. The van der Waals surface area contributed by atoms with Gasteiger partial charge in [0.15, 0.2) is 6.10 Å². The van der Waals surface area contributed by atoms with Gasteiger partial charge in [0, 0.05) is 25.3 Å². The summed E-state index contributed by atoms with van der Waals surface area (Å²) in [6, 6.07) is 14.2. The minimum Gasteiger partial charge on any atom is -0.481 e. The van der Waals surface area contributed by atoms with Gasteiger partial charge in [-0.2, -0.15) is 4.31 Å². The first-order chi connectivity index (χ1) is 14.0. The van der Waals surface area contributed by atoms with Crippen molar-refractivity contribution in [3.05, 3.63) is 54.1 Å². The zero-order valence-electron chi connectivity index (χ0n) is 16.3. The van der Waals surface area contributed by atoms with Crippen molar-refractivity contribution in [2.45, 2.75) is 24.3 Å². The third kappa shape index (κ3) is 4.01. The van der Waals surface area contributed by atoms with Crippen LogP contribution in [0.3, 0.4) is 0 Å². The van der Waals surface area contributed by atoms with Crippen molar-refractivity contribution in [2.24, 2.45) is 0 Å². The van der Waals surface area contributed by atoms with Crippen molar-refractivity contribution in [3.63, 3.8) is 0 Å². The largest absolute Gasteiger partial charge is 0.481 e. The number of fused-ring (bicyclic) bond motifs is 1. The van der Waals surface area contributed by atoms with E-state index in [1.807, 2.05) is 30.3 Å². The third-order valence-corrected chi connectivity index (χ3v) is 7.12. The molecule has 2 aromatic rings. The average molecular weight is 416 g/mol. The number of morpholine rings is 1. The maximum atomic E-state index is 12.9. The number of anilines is 1. The molecular weight excluding hydrogens is 392 g/mol. The fraction of sp³-hybridized carbons (Fsp3) is 0.381. The van der Waals surface area contributed by atoms with Gasteiger partial charge in [-0.25, -0.2) is 8.42 Å². The van der Waals surface area contributed by atoms with E-state index < -0.39 is 16.1 Å². The third-order valence-electron chi connectivity index (χ3n) is 5.22. The van der Waals surface area contributed by atoms with Crippen LogP contribution in [0.1, 0.15) is 12.5 Å². The number of carbonyl (C=O) groups is 1. The van der Waals surface area contributed by atoms with Crippen molar-refractivity contribution in [2.75, 3.05) is 37.7 Å². The van der Waals surface area contributed by atoms with Crippen LogP contribution >= 0.6 is 0 Å². The van der Waals surface area contributed by atoms with Crippen molar-refractivity contribution >= 4 is 21.6 Å². The van der Waals surface area contributed by atoms with E-state index >= 15 is 0 Å². The molecule has 7 nitrogen and oxygen atoms in total. The summed E-state index contributed by atoms with van der Waals surface area (Å²) in [5.41, 5.74) is 1.61. The van der Waals surface area contributed by atoms with E-state index in [-0.39, 0.29) is 10.8 Å². The van der Waals surface area contributed by atoms with Gasteiger partial charge in [0.2, 0.25) is 10.0 Å². The van der Waals surface area contributed by atoms with E-state index in [9.17, 15) is 13.2 Å². The van der Waals surface area contributed by atoms with Gasteiger partial charge in [0.1, 0.15) is 5.75 Å². The molecule has 2 aromatic carbocycles. The van der Waals surface area contributed by atoms with E-state index in [0.29, 0.717) is 45.0 Å². The average Bonchev–Trinajstić information content (AvgIpc) is 3.18. The van der Waals surface area contributed by atoms with Gasteiger partial charge in [-0.15, -0.1) is 0 Å². The molecule has 2 aliphatic heterocycles. The first kappa shape index (κ1) is 19.9. The van der Waals surface area contributed by atoms with Crippen LogP contribution in [-0.2, 0) is 26.0 Å². The number of amides is 1. The lowest BCUT2D eigenvalue weighted by atomic mass is 10.2. The van der Waals surface area contributed by atoms with Gasteiger partial charge in [-0.3, -0.25) is 4.79 Å². The van der Waals surface area contributed by atoms with Crippen LogP contribution in [0.4, 0.5) is 5.69 Å². The molecule has 0 N–H and O–H groups in total. The van der Waals surface area contributed by atoms with E-state index in [4.69, 9.17) is 9.47 Å². The predicted octanol–water partition coefficient (Wildman–Crippen LogP) is 2.06. The second kappa shape index (κ2) is 8.14. The molecule has 2 heterocycles. The quantitative estimate of drug-likeness (QED) is 0.746. The number of para-hydroxylation sites is 1. The van der Waals surface area contributed by atoms with Gasteiger partial charge < -0.3 is 14.4 Å². The lowest BCUT2D eigenvalue weighted by Gasteiger charge is -2.26. The Bertz CT molecular complexity index is 987.